The molecule has 5 nitrogen and oxygen atoms in total. The summed E-state index contributed by atoms with van der Waals surface area (Å²) < 4.78 is 1.93. The maximum absolute atomic E-state index is 4.69. The molecule has 25 heavy (non-hydrogen) atoms. The molecule has 0 aliphatic heterocycles. The number of thioether (sulfide) groups is 1. The van der Waals surface area contributed by atoms with Gasteiger partial charge in [0.1, 0.15) is 0 Å². The van der Waals surface area contributed by atoms with Gasteiger partial charge in [-0.05, 0) is 31.0 Å². The van der Waals surface area contributed by atoms with Crippen molar-refractivity contribution in [1.29, 1.82) is 0 Å². The summed E-state index contributed by atoms with van der Waals surface area (Å²) in [7, 11) is 0. The second kappa shape index (κ2) is 6.72. The second-order valence-electron chi connectivity index (χ2n) is 5.84. The number of aromatic nitrogens is 5. The van der Waals surface area contributed by atoms with Crippen LogP contribution < -0.4 is 0 Å². The molecule has 4 rings (SSSR count). The van der Waals surface area contributed by atoms with E-state index >= 15 is 0 Å². The Balaban J connectivity index is 1.56. The summed E-state index contributed by atoms with van der Waals surface area (Å²) >= 11 is 1.64. The van der Waals surface area contributed by atoms with Crippen molar-refractivity contribution in [2.45, 2.75) is 30.7 Å². The molecule has 4 aromatic rings. The topological polar surface area (TPSA) is 58.9 Å². The van der Waals surface area contributed by atoms with Gasteiger partial charge in [-0.3, -0.25) is 0 Å². The lowest BCUT2D eigenvalue weighted by Gasteiger charge is -2.04. The van der Waals surface area contributed by atoms with E-state index < -0.39 is 0 Å². The van der Waals surface area contributed by atoms with E-state index in [-0.39, 0.29) is 5.25 Å². The lowest BCUT2D eigenvalue weighted by Crippen LogP contribution is -1.98. The van der Waals surface area contributed by atoms with Crippen LogP contribution in [0.5, 0.6) is 0 Å². The SMILES string of the molecule is CCc1cccc2nc(C(C)Sc3ncc(-c4ccccc4)[nH]3)nn12. The molecule has 3 heterocycles. The number of imidazole rings is 1. The molecular formula is C19H19N5S. The molecule has 1 atom stereocenters. The van der Waals surface area contributed by atoms with Crippen LogP contribution >= 0.6 is 11.8 Å². The number of pyridine rings is 1. The highest BCUT2D eigenvalue weighted by Crippen LogP contribution is 2.32. The number of nitrogens with one attached hydrogen (secondary N) is 1. The molecule has 0 saturated carbocycles. The molecular weight excluding hydrogens is 330 g/mol. The average Bonchev–Trinajstić information content (AvgIpc) is 3.29. The molecule has 1 unspecified atom stereocenters. The summed E-state index contributed by atoms with van der Waals surface area (Å²) in [5.41, 5.74) is 4.21. The zero-order valence-electron chi connectivity index (χ0n) is 14.2. The van der Waals surface area contributed by atoms with Crippen LogP contribution in [0.3, 0.4) is 0 Å². The van der Waals surface area contributed by atoms with Crippen molar-refractivity contribution in [2.24, 2.45) is 0 Å². The van der Waals surface area contributed by atoms with Crippen molar-refractivity contribution < 1.29 is 0 Å². The Labute approximate surface area is 150 Å². The van der Waals surface area contributed by atoms with Gasteiger partial charge in [-0.1, -0.05) is 55.1 Å². The van der Waals surface area contributed by atoms with E-state index in [1.165, 1.54) is 0 Å². The third-order valence-electron chi connectivity index (χ3n) is 4.11. The van der Waals surface area contributed by atoms with Gasteiger partial charge in [0.25, 0.3) is 0 Å². The number of H-pyrrole nitrogens is 1. The van der Waals surface area contributed by atoms with E-state index in [0.29, 0.717) is 0 Å². The number of nitrogens with zero attached hydrogens (tertiary/aromatic N) is 4. The Kier molecular flexibility index (Phi) is 4.28. The van der Waals surface area contributed by atoms with Crippen LogP contribution in [0.4, 0.5) is 0 Å². The molecule has 3 aromatic heterocycles. The van der Waals surface area contributed by atoms with Crippen LogP contribution in [0, 0.1) is 0 Å². The highest BCUT2D eigenvalue weighted by atomic mass is 32.2. The quantitative estimate of drug-likeness (QED) is 0.538. The molecule has 0 spiro atoms. The predicted octanol–water partition coefficient (Wildman–Crippen LogP) is 4.54. The van der Waals surface area contributed by atoms with E-state index in [1.54, 1.807) is 11.8 Å². The highest BCUT2D eigenvalue weighted by Gasteiger charge is 2.16. The first-order valence-electron chi connectivity index (χ1n) is 8.36. The van der Waals surface area contributed by atoms with Crippen LogP contribution in [0.1, 0.15) is 30.6 Å². The molecule has 6 heteroatoms. The maximum atomic E-state index is 4.69. The van der Waals surface area contributed by atoms with E-state index in [0.717, 1.165) is 40.0 Å². The van der Waals surface area contributed by atoms with E-state index in [2.05, 4.69) is 52.1 Å². The molecule has 0 bridgehead atoms. The summed E-state index contributed by atoms with van der Waals surface area (Å²) in [6, 6.07) is 16.3. The number of hydrogen-bond donors (Lipinski definition) is 1. The summed E-state index contributed by atoms with van der Waals surface area (Å²) in [6.45, 7) is 4.23. The van der Waals surface area contributed by atoms with Gasteiger partial charge in [-0.25, -0.2) is 14.5 Å². The van der Waals surface area contributed by atoms with Crippen LogP contribution in [0.25, 0.3) is 16.9 Å². The van der Waals surface area contributed by atoms with Crippen LogP contribution in [-0.2, 0) is 6.42 Å². The maximum Gasteiger partial charge on any atom is 0.166 e. The van der Waals surface area contributed by atoms with Gasteiger partial charge < -0.3 is 4.98 Å². The van der Waals surface area contributed by atoms with Crippen molar-refractivity contribution in [3.05, 3.63) is 66.2 Å². The minimum Gasteiger partial charge on any atom is -0.333 e. The number of fused-ring (bicyclic) bond motifs is 1. The first kappa shape index (κ1) is 15.9. The Morgan fingerprint density at radius 3 is 2.76 bits per heavy atom. The zero-order valence-corrected chi connectivity index (χ0v) is 15.0. The smallest absolute Gasteiger partial charge is 0.166 e. The van der Waals surface area contributed by atoms with E-state index in [9.17, 15) is 0 Å². The van der Waals surface area contributed by atoms with Gasteiger partial charge in [-0.2, -0.15) is 0 Å². The van der Waals surface area contributed by atoms with Gasteiger partial charge in [0.2, 0.25) is 0 Å². The number of benzene rings is 1. The van der Waals surface area contributed by atoms with Crippen molar-refractivity contribution in [1.82, 2.24) is 24.6 Å². The van der Waals surface area contributed by atoms with Crippen molar-refractivity contribution in [3.8, 4) is 11.3 Å². The van der Waals surface area contributed by atoms with Gasteiger partial charge >= 0.3 is 0 Å². The average molecular weight is 349 g/mol. The number of aryl methyl sites for hydroxylation is 1. The number of rotatable bonds is 5. The molecule has 0 aliphatic carbocycles. The van der Waals surface area contributed by atoms with E-state index in [4.69, 9.17) is 0 Å². The molecule has 0 aliphatic rings. The van der Waals surface area contributed by atoms with Gasteiger partial charge in [-0.15, -0.1) is 5.10 Å². The predicted molar refractivity (Wildman–Crippen MR) is 101 cm³/mol. The lowest BCUT2D eigenvalue weighted by molar-refractivity contribution is 0.823. The Bertz CT molecular complexity index is 989. The standard InChI is InChI=1S/C19H19N5S/c1-3-15-10-7-11-17-22-18(23-24(15)17)13(2)25-19-20-12-16(21-19)14-8-5-4-6-9-14/h4-13H,3H2,1-2H3,(H,20,21). The third kappa shape index (κ3) is 3.17. The molecule has 1 N–H and O–H groups in total. The fourth-order valence-corrected chi connectivity index (χ4v) is 3.59. The van der Waals surface area contributed by atoms with Crippen LogP contribution in [0.15, 0.2) is 59.9 Å². The lowest BCUT2D eigenvalue weighted by atomic mass is 10.2. The molecule has 1 aromatic carbocycles. The van der Waals surface area contributed by atoms with Gasteiger partial charge in [0, 0.05) is 5.69 Å². The monoisotopic (exact) mass is 349 g/mol. The fourth-order valence-electron chi connectivity index (χ4n) is 2.76. The first-order chi connectivity index (χ1) is 12.2. The van der Waals surface area contributed by atoms with Gasteiger partial charge in [0.15, 0.2) is 16.6 Å². The fraction of sp³-hybridized carbons (Fsp3) is 0.211. The highest BCUT2D eigenvalue weighted by molar-refractivity contribution is 7.99. The zero-order chi connectivity index (χ0) is 17.2. The van der Waals surface area contributed by atoms with E-state index in [1.807, 2.05) is 41.0 Å². The number of hydrogen-bond acceptors (Lipinski definition) is 4. The van der Waals surface area contributed by atoms with Crippen molar-refractivity contribution >= 4 is 17.4 Å². The number of aromatic amines is 1. The summed E-state index contributed by atoms with van der Waals surface area (Å²) in [4.78, 5) is 12.5. The van der Waals surface area contributed by atoms with Crippen LogP contribution in [0.2, 0.25) is 0 Å². The second-order valence-corrected chi connectivity index (χ2v) is 7.17. The molecule has 0 fully saturated rings. The Morgan fingerprint density at radius 1 is 1.12 bits per heavy atom. The summed E-state index contributed by atoms with van der Waals surface area (Å²) in [6.07, 6.45) is 2.80. The molecule has 0 radical (unpaired) electrons. The van der Waals surface area contributed by atoms with Crippen LogP contribution in [-0.4, -0.2) is 24.6 Å². The Morgan fingerprint density at radius 2 is 1.96 bits per heavy atom. The van der Waals surface area contributed by atoms with Gasteiger partial charge in [0.05, 0.1) is 17.1 Å². The van der Waals surface area contributed by atoms with Crippen molar-refractivity contribution in [3.63, 3.8) is 0 Å². The minimum atomic E-state index is 0.111. The minimum absolute atomic E-state index is 0.111. The molecule has 0 amide bonds. The summed E-state index contributed by atoms with van der Waals surface area (Å²) in [5, 5.41) is 5.67. The Hall–Kier alpha value is -2.60. The first-order valence-corrected chi connectivity index (χ1v) is 9.24. The molecule has 126 valence electrons. The normalized spacial score (nSPS) is 12.6. The van der Waals surface area contributed by atoms with Crippen molar-refractivity contribution in [2.75, 3.05) is 0 Å². The summed E-state index contributed by atoms with van der Waals surface area (Å²) in [5.74, 6) is 0.823. The largest absolute Gasteiger partial charge is 0.333 e. The molecule has 0 saturated heterocycles. The third-order valence-corrected chi connectivity index (χ3v) is 5.10.